The average molecular weight is 331 g/mol. The molecule has 0 saturated heterocycles. The molecule has 1 aromatic heterocycles. The maximum Gasteiger partial charge on any atom is 0.220 e. The van der Waals surface area contributed by atoms with Crippen LogP contribution in [0, 0.1) is 12.3 Å². The first-order valence-corrected chi connectivity index (χ1v) is 9.45. The van der Waals surface area contributed by atoms with Gasteiger partial charge in [-0.05, 0) is 19.8 Å². The molecule has 21 heavy (non-hydrogen) atoms. The van der Waals surface area contributed by atoms with E-state index < -0.39 is 0 Å². The van der Waals surface area contributed by atoms with E-state index in [0.29, 0.717) is 13.0 Å². The van der Waals surface area contributed by atoms with Gasteiger partial charge in [0.05, 0.1) is 17.3 Å². The van der Waals surface area contributed by atoms with Gasteiger partial charge in [0.2, 0.25) is 5.91 Å². The third kappa shape index (κ3) is 6.36. The van der Waals surface area contributed by atoms with Crippen LogP contribution in [0.2, 0.25) is 0 Å². The maximum absolute atomic E-state index is 11.8. The van der Waals surface area contributed by atoms with Crippen molar-refractivity contribution < 1.29 is 9.90 Å². The normalized spacial score (nSPS) is 11.6. The van der Waals surface area contributed by atoms with Crippen LogP contribution in [-0.4, -0.2) is 34.9 Å². The first kappa shape index (κ1) is 18.5. The van der Waals surface area contributed by atoms with E-state index in [2.05, 4.69) is 29.5 Å². The molecular formula is C15H26N2O2S2. The molecule has 0 unspecified atom stereocenters. The summed E-state index contributed by atoms with van der Waals surface area (Å²) < 4.78 is 0. The minimum atomic E-state index is -0.166. The van der Waals surface area contributed by atoms with Crippen LogP contribution < -0.4 is 5.32 Å². The summed E-state index contributed by atoms with van der Waals surface area (Å²) in [5, 5.41) is 15.6. The molecule has 0 aliphatic carbocycles. The third-order valence-electron chi connectivity index (χ3n) is 3.89. The van der Waals surface area contributed by atoms with Gasteiger partial charge in [-0.3, -0.25) is 4.79 Å². The second kappa shape index (κ2) is 9.43. The molecule has 0 fully saturated rings. The molecule has 1 amide bonds. The summed E-state index contributed by atoms with van der Waals surface area (Å²) in [6.07, 6.45) is 2.26. The van der Waals surface area contributed by atoms with Gasteiger partial charge in [-0.25, -0.2) is 4.98 Å². The summed E-state index contributed by atoms with van der Waals surface area (Å²) in [7, 11) is 0. The lowest BCUT2D eigenvalue weighted by Gasteiger charge is -2.29. The number of nitrogens with one attached hydrogen (secondary N) is 1. The predicted octanol–water partition coefficient (Wildman–Crippen LogP) is 2.99. The van der Waals surface area contributed by atoms with Crippen LogP contribution in [0.3, 0.4) is 0 Å². The summed E-state index contributed by atoms with van der Waals surface area (Å²) >= 11 is 3.39. The number of hydrogen-bond acceptors (Lipinski definition) is 5. The molecule has 4 nitrogen and oxygen atoms in total. The summed E-state index contributed by atoms with van der Waals surface area (Å²) in [6, 6.07) is 0. The van der Waals surface area contributed by atoms with Crippen LogP contribution in [0.4, 0.5) is 0 Å². The summed E-state index contributed by atoms with van der Waals surface area (Å²) in [6.45, 7) is 6.79. The van der Waals surface area contributed by atoms with Gasteiger partial charge in [0.25, 0.3) is 0 Å². The van der Waals surface area contributed by atoms with Crippen molar-refractivity contribution in [1.82, 2.24) is 10.3 Å². The van der Waals surface area contributed by atoms with Gasteiger partial charge < -0.3 is 10.4 Å². The number of amides is 1. The molecule has 0 atom stereocenters. The van der Waals surface area contributed by atoms with Crippen molar-refractivity contribution in [3.05, 3.63) is 16.1 Å². The van der Waals surface area contributed by atoms with Gasteiger partial charge in [-0.15, -0.1) is 11.3 Å². The van der Waals surface area contributed by atoms with Gasteiger partial charge in [0.15, 0.2) is 0 Å². The molecule has 0 bridgehead atoms. The third-order valence-corrected chi connectivity index (χ3v) is 5.70. The second-order valence-electron chi connectivity index (χ2n) is 5.30. The summed E-state index contributed by atoms with van der Waals surface area (Å²) in [5.74, 6) is 1.73. The highest BCUT2D eigenvalue weighted by molar-refractivity contribution is 7.98. The Morgan fingerprint density at radius 2 is 2.19 bits per heavy atom. The molecule has 2 N–H and O–H groups in total. The van der Waals surface area contributed by atoms with Crippen molar-refractivity contribution in [2.24, 2.45) is 5.41 Å². The lowest BCUT2D eigenvalue weighted by atomic mass is 9.83. The van der Waals surface area contributed by atoms with Crippen molar-refractivity contribution in [3.63, 3.8) is 0 Å². The molecule has 1 aromatic rings. The van der Waals surface area contributed by atoms with E-state index in [9.17, 15) is 9.90 Å². The monoisotopic (exact) mass is 330 g/mol. The molecular weight excluding hydrogens is 304 g/mol. The smallest absolute Gasteiger partial charge is 0.220 e. The molecule has 6 heteroatoms. The fraction of sp³-hybridized carbons (Fsp3) is 0.733. The number of aromatic nitrogens is 1. The van der Waals surface area contributed by atoms with Crippen LogP contribution in [0.5, 0.6) is 0 Å². The number of rotatable bonds is 10. The Balaban J connectivity index is 2.19. The van der Waals surface area contributed by atoms with Gasteiger partial charge >= 0.3 is 0 Å². The van der Waals surface area contributed by atoms with E-state index in [1.54, 1.807) is 23.1 Å². The fourth-order valence-corrected chi connectivity index (χ4v) is 3.52. The molecule has 1 rings (SSSR count). The minimum absolute atomic E-state index is 0.0664. The summed E-state index contributed by atoms with van der Waals surface area (Å²) in [4.78, 5) is 16.2. The van der Waals surface area contributed by atoms with Crippen LogP contribution in [-0.2, 0) is 10.5 Å². The Hall–Kier alpha value is -0.590. The van der Waals surface area contributed by atoms with E-state index in [1.165, 1.54) is 0 Å². The number of aliphatic hydroxyl groups excluding tert-OH is 1. The highest BCUT2D eigenvalue weighted by Crippen LogP contribution is 2.24. The minimum Gasteiger partial charge on any atom is -0.396 e. The second-order valence-corrected chi connectivity index (χ2v) is 7.47. The van der Waals surface area contributed by atoms with E-state index in [0.717, 1.165) is 35.0 Å². The Morgan fingerprint density at radius 1 is 1.48 bits per heavy atom. The lowest BCUT2D eigenvalue weighted by molar-refractivity contribution is -0.121. The zero-order valence-electron chi connectivity index (χ0n) is 13.1. The summed E-state index contributed by atoms with van der Waals surface area (Å²) in [5.41, 5.74) is 0.931. The van der Waals surface area contributed by atoms with Gasteiger partial charge in [0, 0.05) is 35.3 Å². The van der Waals surface area contributed by atoms with Crippen molar-refractivity contribution in [2.45, 2.75) is 45.8 Å². The Kier molecular flexibility index (Phi) is 8.29. The molecule has 0 saturated carbocycles. The van der Waals surface area contributed by atoms with Crippen molar-refractivity contribution in [2.75, 3.05) is 18.9 Å². The van der Waals surface area contributed by atoms with Gasteiger partial charge in [0.1, 0.15) is 0 Å². The number of hydrogen-bond donors (Lipinski definition) is 2. The van der Waals surface area contributed by atoms with Crippen molar-refractivity contribution in [1.29, 1.82) is 0 Å². The number of carbonyl (C=O) groups excluding carboxylic acids is 1. The number of aliphatic hydroxyl groups is 1. The average Bonchev–Trinajstić information content (AvgIpc) is 2.91. The van der Waals surface area contributed by atoms with Crippen LogP contribution in [0.25, 0.3) is 0 Å². The molecule has 1 heterocycles. The molecule has 0 aromatic carbocycles. The number of nitrogens with zero attached hydrogens (tertiary/aromatic N) is 1. The predicted molar refractivity (Wildman–Crippen MR) is 90.7 cm³/mol. The topological polar surface area (TPSA) is 62.2 Å². The zero-order valence-corrected chi connectivity index (χ0v) is 14.8. The highest BCUT2D eigenvalue weighted by Gasteiger charge is 2.25. The Bertz CT molecular complexity index is 423. The molecule has 0 aliphatic rings. The molecule has 0 aliphatic heterocycles. The first-order valence-electron chi connectivity index (χ1n) is 7.41. The molecule has 0 radical (unpaired) electrons. The SMILES string of the molecule is CCC(CC)(CO)CNC(=O)CCSCc1csc(C)n1. The number of thioether (sulfide) groups is 1. The van der Waals surface area contributed by atoms with E-state index in [1.807, 2.05) is 6.92 Å². The van der Waals surface area contributed by atoms with E-state index in [4.69, 9.17) is 0 Å². The highest BCUT2D eigenvalue weighted by atomic mass is 32.2. The zero-order chi connectivity index (χ0) is 15.7. The Labute approximate surface area is 135 Å². The number of aryl methyl sites for hydroxylation is 1. The van der Waals surface area contributed by atoms with E-state index in [-0.39, 0.29) is 17.9 Å². The first-order chi connectivity index (χ1) is 10.0. The van der Waals surface area contributed by atoms with Crippen LogP contribution in [0.1, 0.15) is 43.8 Å². The maximum atomic E-state index is 11.8. The quantitative estimate of drug-likeness (QED) is 0.647. The fourth-order valence-electron chi connectivity index (χ4n) is 1.97. The van der Waals surface area contributed by atoms with Crippen molar-refractivity contribution in [3.8, 4) is 0 Å². The van der Waals surface area contributed by atoms with Crippen LogP contribution in [0.15, 0.2) is 5.38 Å². The molecule has 120 valence electrons. The Morgan fingerprint density at radius 3 is 2.71 bits per heavy atom. The number of thiazole rings is 1. The standard InChI is InChI=1S/C15H26N2O2S2/c1-4-15(5-2,11-18)10-16-14(19)6-7-20-8-13-9-21-12(3)17-13/h9,18H,4-8,10-11H2,1-3H3,(H,16,19). The van der Waals surface area contributed by atoms with Gasteiger partial charge in [-0.1, -0.05) is 13.8 Å². The van der Waals surface area contributed by atoms with E-state index >= 15 is 0 Å². The number of carbonyl (C=O) groups is 1. The van der Waals surface area contributed by atoms with Crippen molar-refractivity contribution >= 4 is 29.0 Å². The van der Waals surface area contributed by atoms with Gasteiger partial charge in [-0.2, -0.15) is 11.8 Å². The van der Waals surface area contributed by atoms with Crippen LogP contribution >= 0.6 is 23.1 Å². The lowest BCUT2D eigenvalue weighted by Crippen LogP contribution is -2.39. The molecule has 0 spiro atoms. The largest absolute Gasteiger partial charge is 0.396 e.